The average Bonchev–Trinajstić information content (AvgIpc) is 2.93. The van der Waals surface area contributed by atoms with E-state index in [4.69, 9.17) is 9.47 Å². The highest BCUT2D eigenvalue weighted by molar-refractivity contribution is 7.89. The van der Waals surface area contributed by atoms with Crippen LogP contribution in [0.5, 0.6) is 5.75 Å². The van der Waals surface area contributed by atoms with Gasteiger partial charge in [0.1, 0.15) is 10.6 Å². The fourth-order valence-electron chi connectivity index (χ4n) is 3.61. The first-order valence-electron chi connectivity index (χ1n) is 9.62. The van der Waals surface area contributed by atoms with Gasteiger partial charge in [-0.05, 0) is 51.0 Å². The van der Waals surface area contributed by atoms with Crippen LogP contribution in [0.3, 0.4) is 0 Å². The molecule has 3 rings (SSSR count). The summed E-state index contributed by atoms with van der Waals surface area (Å²) in [5.41, 5.74) is 3.56. The molecule has 1 aliphatic heterocycles. The highest BCUT2D eigenvalue weighted by atomic mass is 32.2. The summed E-state index contributed by atoms with van der Waals surface area (Å²) in [7, 11) is -3.55. The molecule has 2 heterocycles. The quantitative estimate of drug-likeness (QED) is 0.660. The van der Waals surface area contributed by atoms with Crippen molar-refractivity contribution in [2.75, 3.05) is 32.9 Å². The van der Waals surface area contributed by atoms with Crippen molar-refractivity contribution in [1.29, 1.82) is 0 Å². The fraction of sp³-hybridized carbons (Fsp3) is 0.550. The Morgan fingerprint density at radius 3 is 2.36 bits per heavy atom. The van der Waals surface area contributed by atoms with Gasteiger partial charge in [-0.15, -0.1) is 0 Å². The van der Waals surface area contributed by atoms with Crippen LogP contribution in [0.2, 0.25) is 0 Å². The smallest absolute Gasteiger partial charge is 0.246 e. The zero-order chi connectivity index (χ0) is 20.3. The Balaban J connectivity index is 1.65. The van der Waals surface area contributed by atoms with Crippen molar-refractivity contribution >= 4 is 10.0 Å². The van der Waals surface area contributed by atoms with Gasteiger partial charge in [-0.25, -0.2) is 8.42 Å². The minimum atomic E-state index is -3.55. The number of hydrogen-bond acceptors (Lipinski definition) is 5. The van der Waals surface area contributed by atoms with E-state index in [1.54, 1.807) is 11.6 Å². The molecular weight excluding hydrogens is 378 g/mol. The van der Waals surface area contributed by atoms with Crippen LogP contribution in [0, 0.1) is 27.7 Å². The standard InChI is InChI=1S/C20H29N3O4S/c1-15-12-16(2)14-19(13-15)27-9-5-6-23-18(4)20(17(3)21-23)28(24,25)22-7-10-26-11-8-22/h12-14H,5-11H2,1-4H3. The molecule has 1 saturated heterocycles. The molecule has 8 heteroatoms. The number of nitrogens with zero attached hydrogens (tertiary/aromatic N) is 3. The third-order valence-electron chi connectivity index (χ3n) is 4.86. The van der Waals surface area contributed by atoms with Crippen molar-refractivity contribution in [2.24, 2.45) is 0 Å². The van der Waals surface area contributed by atoms with E-state index in [1.165, 1.54) is 15.4 Å². The largest absolute Gasteiger partial charge is 0.494 e. The number of sulfonamides is 1. The Morgan fingerprint density at radius 1 is 1.07 bits per heavy atom. The maximum absolute atomic E-state index is 13.0. The monoisotopic (exact) mass is 407 g/mol. The van der Waals surface area contributed by atoms with Crippen LogP contribution in [0.15, 0.2) is 23.1 Å². The molecule has 28 heavy (non-hydrogen) atoms. The summed E-state index contributed by atoms with van der Waals surface area (Å²) in [6.07, 6.45) is 0.742. The van der Waals surface area contributed by atoms with Crippen LogP contribution in [0.1, 0.15) is 28.9 Å². The van der Waals surface area contributed by atoms with Crippen LogP contribution in [-0.2, 0) is 21.3 Å². The van der Waals surface area contributed by atoms with Crippen molar-refractivity contribution in [1.82, 2.24) is 14.1 Å². The summed E-state index contributed by atoms with van der Waals surface area (Å²) in [6.45, 7) is 10.5. The van der Waals surface area contributed by atoms with Crippen LogP contribution in [0.4, 0.5) is 0 Å². The van der Waals surface area contributed by atoms with E-state index in [-0.39, 0.29) is 0 Å². The fourth-order valence-corrected chi connectivity index (χ4v) is 5.39. The molecule has 1 aromatic heterocycles. The molecule has 0 radical (unpaired) electrons. The average molecular weight is 408 g/mol. The van der Waals surface area contributed by atoms with Gasteiger partial charge in [0.2, 0.25) is 10.0 Å². The first kappa shape index (κ1) is 20.8. The van der Waals surface area contributed by atoms with Gasteiger partial charge >= 0.3 is 0 Å². The Labute approximate surface area is 167 Å². The van der Waals surface area contributed by atoms with Crippen molar-refractivity contribution < 1.29 is 17.9 Å². The molecule has 0 atom stereocenters. The first-order valence-corrected chi connectivity index (χ1v) is 11.1. The maximum Gasteiger partial charge on any atom is 0.246 e. The number of aryl methyl sites for hydroxylation is 4. The molecule has 0 bridgehead atoms. The first-order chi connectivity index (χ1) is 13.3. The Bertz CT molecular complexity index is 911. The summed E-state index contributed by atoms with van der Waals surface area (Å²) < 4.78 is 40.4. The second-order valence-corrected chi connectivity index (χ2v) is 9.14. The van der Waals surface area contributed by atoms with Crippen molar-refractivity contribution in [3.8, 4) is 5.75 Å². The number of morpholine rings is 1. The van der Waals surface area contributed by atoms with Crippen LogP contribution in [0.25, 0.3) is 0 Å². The van der Waals surface area contributed by atoms with E-state index >= 15 is 0 Å². The number of ether oxygens (including phenoxy) is 2. The van der Waals surface area contributed by atoms with E-state index in [2.05, 4.69) is 11.2 Å². The normalized spacial score (nSPS) is 15.7. The molecule has 2 aromatic rings. The van der Waals surface area contributed by atoms with Gasteiger partial charge in [-0.2, -0.15) is 9.40 Å². The number of rotatable bonds is 7. The predicted molar refractivity (Wildman–Crippen MR) is 107 cm³/mol. The molecule has 0 N–H and O–H groups in total. The van der Waals surface area contributed by atoms with E-state index < -0.39 is 10.0 Å². The molecular formula is C20H29N3O4S. The van der Waals surface area contributed by atoms with E-state index in [0.717, 1.165) is 12.2 Å². The minimum absolute atomic E-state index is 0.324. The van der Waals surface area contributed by atoms with Crippen LogP contribution < -0.4 is 4.74 Å². The summed E-state index contributed by atoms with van der Waals surface area (Å²) >= 11 is 0. The molecule has 1 fully saturated rings. The number of hydrogen-bond donors (Lipinski definition) is 0. The minimum Gasteiger partial charge on any atom is -0.494 e. The molecule has 1 aliphatic rings. The maximum atomic E-state index is 13.0. The lowest BCUT2D eigenvalue weighted by atomic mass is 10.1. The summed E-state index contributed by atoms with van der Waals surface area (Å²) in [5.74, 6) is 0.862. The third-order valence-corrected chi connectivity index (χ3v) is 7.01. The van der Waals surface area contributed by atoms with Gasteiger partial charge in [0.15, 0.2) is 0 Å². The molecule has 7 nitrogen and oxygen atoms in total. The van der Waals surface area contributed by atoms with E-state index in [9.17, 15) is 8.42 Å². The van der Waals surface area contributed by atoms with Crippen LogP contribution >= 0.6 is 0 Å². The Morgan fingerprint density at radius 2 is 1.71 bits per heavy atom. The molecule has 1 aromatic carbocycles. The lowest BCUT2D eigenvalue weighted by Gasteiger charge is -2.26. The second kappa shape index (κ2) is 8.63. The van der Waals surface area contributed by atoms with E-state index in [1.807, 2.05) is 32.9 Å². The molecule has 0 amide bonds. The van der Waals surface area contributed by atoms with Gasteiger partial charge in [-0.3, -0.25) is 4.68 Å². The molecule has 0 aliphatic carbocycles. The zero-order valence-corrected chi connectivity index (χ0v) is 17.9. The second-order valence-electron chi connectivity index (χ2n) is 7.26. The van der Waals surface area contributed by atoms with Gasteiger partial charge in [0.25, 0.3) is 0 Å². The molecule has 0 saturated carbocycles. The van der Waals surface area contributed by atoms with E-state index in [0.29, 0.717) is 55.7 Å². The van der Waals surface area contributed by atoms with Crippen molar-refractivity contribution in [3.05, 3.63) is 40.7 Å². The van der Waals surface area contributed by atoms with Crippen molar-refractivity contribution in [2.45, 2.75) is 45.6 Å². The zero-order valence-electron chi connectivity index (χ0n) is 17.1. The lowest BCUT2D eigenvalue weighted by molar-refractivity contribution is 0.0730. The Kier molecular flexibility index (Phi) is 6.42. The Hall–Kier alpha value is -1.90. The van der Waals surface area contributed by atoms with Gasteiger partial charge in [0.05, 0.1) is 31.2 Å². The summed E-state index contributed by atoms with van der Waals surface area (Å²) in [6, 6.07) is 6.14. The summed E-state index contributed by atoms with van der Waals surface area (Å²) in [5, 5.41) is 4.47. The third kappa shape index (κ3) is 4.56. The molecule has 0 unspecified atom stereocenters. The predicted octanol–water partition coefficient (Wildman–Crippen LogP) is 2.61. The topological polar surface area (TPSA) is 73.7 Å². The molecule has 154 valence electrons. The highest BCUT2D eigenvalue weighted by Crippen LogP contribution is 2.24. The lowest BCUT2D eigenvalue weighted by Crippen LogP contribution is -2.41. The molecule has 0 spiro atoms. The highest BCUT2D eigenvalue weighted by Gasteiger charge is 2.31. The number of benzene rings is 1. The van der Waals surface area contributed by atoms with Crippen molar-refractivity contribution in [3.63, 3.8) is 0 Å². The SMILES string of the molecule is Cc1cc(C)cc(OCCCn2nc(C)c(S(=O)(=O)N3CCOCC3)c2C)c1. The van der Waals surface area contributed by atoms with Gasteiger partial charge in [-0.1, -0.05) is 6.07 Å². The summed E-state index contributed by atoms with van der Waals surface area (Å²) in [4.78, 5) is 0.324. The number of aromatic nitrogens is 2. The van der Waals surface area contributed by atoms with Gasteiger partial charge in [0, 0.05) is 26.1 Å². The van der Waals surface area contributed by atoms with Crippen LogP contribution in [-0.4, -0.2) is 55.4 Å². The van der Waals surface area contributed by atoms with Gasteiger partial charge < -0.3 is 9.47 Å².